The van der Waals surface area contributed by atoms with Gasteiger partial charge in [-0.15, -0.1) is 0 Å². The summed E-state index contributed by atoms with van der Waals surface area (Å²) >= 11 is 3.52. The number of nitrogens with two attached hydrogens (primary N) is 1. The van der Waals surface area contributed by atoms with Crippen molar-refractivity contribution in [3.05, 3.63) is 34.3 Å². The summed E-state index contributed by atoms with van der Waals surface area (Å²) in [5, 5.41) is 0. The molecular formula is C18H29BrN2. The molecule has 1 aliphatic carbocycles. The number of halogens is 1. The van der Waals surface area contributed by atoms with Gasteiger partial charge < -0.3 is 5.73 Å². The summed E-state index contributed by atoms with van der Waals surface area (Å²) in [7, 11) is 0. The molecular weight excluding hydrogens is 324 g/mol. The van der Waals surface area contributed by atoms with Crippen molar-refractivity contribution in [3.8, 4) is 0 Å². The molecule has 2 nitrogen and oxygen atoms in total. The van der Waals surface area contributed by atoms with Gasteiger partial charge in [0.15, 0.2) is 0 Å². The van der Waals surface area contributed by atoms with E-state index in [0.29, 0.717) is 12.6 Å². The Labute approximate surface area is 138 Å². The minimum Gasteiger partial charge on any atom is -0.329 e. The Hall–Kier alpha value is -0.380. The van der Waals surface area contributed by atoms with E-state index in [0.717, 1.165) is 16.4 Å². The highest BCUT2D eigenvalue weighted by Gasteiger charge is 2.28. The molecule has 1 aliphatic rings. The molecule has 1 aromatic rings. The van der Waals surface area contributed by atoms with Crippen molar-refractivity contribution in [1.82, 2.24) is 4.90 Å². The largest absolute Gasteiger partial charge is 0.329 e. The normalized spacial score (nSPS) is 17.8. The van der Waals surface area contributed by atoms with E-state index in [1.807, 2.05) is 0 Å². The molecule has 0 radical (unpaired) electrons. The molecule has 0 heterocycles. The average molecular weight is 353 g/mol. The number of hydrogen-bond acceptors (Lipinski definition) is 2. The molecule has 0 bridgehead atoms. The van der Waals surface area contributed by atoms with Crippen molar-refractivity contribution in [2.75, 3.05) is 13.1 Å². The quantitative estimate of drug-likeness (QED) is 0.767. The van der Waals surface area contributed by atoms with E-state index in [1.54, 1.807) is 0 Å². The van der Waals surface area contributed by atoms with Crippen molar-refractivity contribution in [2.24, 2.45) is 11.7 Å². The van der Waals surface area contributed by atoms with Gasteiger partial charge in [-0.1, -0.05) is 54.8 Å². The zero-order valence-electron chi connectivity index (χ0n) is 13.4. The molecule has 0 aromatic heterocycles. The van der Waals surface area contributed by atoms with Gasteiger partial charge in [0, 0.05) is 23.1 Å². The van der Waals surface area contributed by atoms with Crippen LogP contribution < -0.4 is 5.73 Å². The maximum absolute atomic E-state index is 6.16. The molecule has 2 rings (SSSR count). The fourth-order valence-electron chi connectivity index (χ4n) is 3.38. The second kappa shape index (κ2) is 8.30. The maximum Gasteiger partial charge on any atom is 0.0473 e. The molecule has 1 atom stereocenters. The molecule has 1 fully saturated rings. The topological polar surface area (TPSA) is 29.3 Å². The molecule has 0 spiro atoms. The van der Waals surface area contributed by atoms with Gasteiger partial charge in [0.05, 0.1) is 0 Å². The van der Waals surface area contributed by atoms with Crippen LogP contribution in [0, 0.1) is 5.92 Å². The molecule has 1 unspecified atom stereocenters. The maximum atomic E-state index is 6.16. The van der Waals surface area contributed by atoms with Crippen LogP contribution in [-0.2, 0) is 0 Å². The number of nitrogens with zero attached hydrogens (tertiary/aromatic N) is 1. The summed E-state index contributed by atoms with van der Waals surface area (Å²) in [6.45, 7) is 6.49. The van der Waals surface area contributed by atoms with Crippen molar-refractivity contribution >= 4 is 15.9 Å². The van der Waals surface area contributed by atoms with E-state index in [-0.39, 0.29) is 0 Å². The Bertz CT molecular complexity index is 410. The van der Waals surface area contributed by atoms with Gasteiger partial charge in [0.2, 0.25) is 0 Å². The summed E-state index contributed by atoms with van der Waals surface area (Å²) in [6, 6.07) is 9.79. The van der Waals surface area contributed by atoms with E-state index in [2.05, 4.69) is 58.9 Å². The lowest BCUT2D eigenvalue weighted by Gasteiger charge is -2.37. The Morgan fingerprint density at radius 3 is 2.33 bits per heavy atom. The first kappa shape index (κ1) is 17.0. The SMILES string of the molecule is CC(C)CCN(C1CCCC1)C(CN)c1ccc(Br)cc1. The Morgan fingerprint density at radius 1 is 1.19 bits per heavy atom. The smallest absolute Gasteiger partial charge is 0.0473 e. The first-order chi connectivity index (χ1) is 10.1. The molecule has 2 N–H and O–H groups in total. The zero-order chi connectivity index (χ0) is 15.2. The van der Waals surface area contributed by atoms with Gasteiger partial charge in [0.25, 0.3) is 0 Å². The molecule has 3 heteroatoms. The summed E-state index contributed by atoms with van der Waals surface area (Å²) in [5.41, 5.74) is 7.52. The van der Waals surface area contributed by atoms with Crippen molar-refractivity contribution in [3.63, 3.8) is 0 Å². The highest BCUT2D eigenvalue weighted by molar-refractivity contribution is 9.10. The van der Waals surface area contributed by atoms with Gasteiger partial charge in [-0.05, 0) is 49.4 Å². The molecule has 0 aliphatic heterocycles. The molecule has 1 aromatic carbocycles. The summed E-state index contributed by atoms with van der Waals surface area (Å²) < 4.78 is 1.14. The third-order valence-electron chi connectivity index (χ3n) is 4.64. The fraction of sp³-hybridized carbons (Fsp3) is 0.667. The molecule has 21 heavy (non-hydrogen) atoms. The monoisotopic (exact) mass is 352 g/mol. The number of rotatable bonds is 7. The minimum atomic E-state index is 0.361. The Kier molecular flexibility index (Phi) is 6.72. The Balaban J connectivity index is 2.16. The molecule has 1 saturated carbocycles. The number of hydrogen-bond donors (Lipinski definition) is 1. The summed E-state index contributed by atoms with van der Waals surface area (Å²) in [4.78, 5) is 2.69. The van der Waals surface area contributed by atoms with Crippen LogP contribution in [0.3, 0.4) is 0 Å². The zero-order valence-corrected chi connectivity index (χ0v) is 15.0. The third-order valence-corrected chi connectivity index (χ3v) is 5.17. The minimum absolute atomic E-state index is 0.361. The van der Waals surface area contributed by atoms with Gasteiger partial charge >= 0.3 is 0 Å². The van der Waals surface area contributed by atoms with E-state index in [9.17, 15) is 0 Å². The highest BCUT2D eigenvalue weighted by atomic mass is 79.9. The van der Waals surface area contributed by atoms with Crippen LogP contribution in [0.4, 0.5) is 0 Å². The predicted molar refractivity (Wildman–Crippen MR) is 94.4 cm³/mol. The lowest BCUT2D eigenvalue weighted by atomic mass is 10.0. The average Bonchev–Trinajstić information content (AvgIpc) is 2.98. The van der Waals surface area contributed by atoms with E-state index in [4.69, 9.17) is 5.73 Å². The Morgan fingerprint density at radius 2 is 1.81 bits per heavy atom. The van der Waals surface area contributed by atoms with E-state index in [1.165, 1.54) is 44.2 Å². The highest BCUT2D eigenvalue weighted by Crippen LogP contribution is 2.31. The third kappa shape index (κ3) is 4.80. The molecule has 118 valence electrons. The first-order valence-corrected chi connectivity index (χ1v) is 9.12. The lowest BCUT2D eigenvalue weighted by molar-refractivity contribution is 0.131. The van der Waals surface area contributed by atoms with Crippen LogP contribution in [0.5, 0.6) is 0 Å². The van der Waals surface area contributed by atoms with Gasteiger partial charge in [-0.2, -0.15) is 0 Å². The van der Waals surface area contributed by atoms with Crippen LogP contribution in [-0.4, -0.2) is 24.0 Å². The van der Waals surface area contributed by atoms with E-state index < -0.39 is 0 Å². The number of benzene rings is 1. The first-order valence-electron chi connectivity index (χ1n) is 8.33. The van der Waals surface area contributed by atoms with Crippen LogP contribution in [0.2, 0.25) is 0 Å². The van der Waals surface area contributed by atoms with Gasteiger partial charge in [-0.3, -0.25) is 4.90 Å². The van der Waals surface area contributed by atoms with Crippen LogP contribution >= 0.6 is 15.9 Å². The van der Waals surface area contributed by atoms with E-state index >= 15 is 0 Å². The second-order valence-electron chi connectivity index (χ2n) is 6.66. The van der Waals surface area contributed by atoms with Crippen LogP contribution in [0.1, 0.15) is 57.6 Å². The molecule has 0 amide bonds. The van der Waals surface area contributed by atoms with Crippen LogP contribution in [0.25, 0.3) is 0 Å². The van der Waals surface area contributed by atoms with Gasteiger partial charge in [0.1, 0.15) is 0 Å². The van der Waals surface area contributed by atoms with Crippen molar-refractivity contribution < 1.29 is 0 Å². The lowest BCUT2D eigenvalue weighted by Crippen LogP contribution is -2.41. The van der Waals surface area contributed by atoms with Crippen molar-refractivity contribution in [2.45, 2.75) is 58.0 Å². The van der Waals surface area contributed by atoms with Crippen molar-refractivity contribution in [1.29, 1.82) is 0 Å². The molecule has 0 saturated heterocycles. The standard InChI is InChI=1S/C18H29BrN2/c1-14(2)11-12-21(17-5-3-4-6-17)18(13-20)15-7-9-16(19)10-8-15/h7-10,14,17-18H,3-6,11-13,20H2,1-2H3. The fourth-order valence-corrected chi connectivity index (χ4v) is 3.65. The summed E-state index contributed by atoms with van der Waals surface area (Å²) in [5.74, 6) is 0.747. The second-order valence-corrected chi connectivity index (χ2v) is 7.58. The summed E-state index contributed by atoms with van der Waals surface area (Å²) in [6.07, 6.45) is 6.68. The van der Waals surface area contributed by atoms with Gasteiger partial charge in [-0.25, -0.2) is 0 Å². The van der Waals surface area contributed by atoms with Crippen LogP contribution in [0.15, 0.2) is 28.7 Å². The predicted octanol–water partition coefficient (Wildman–Crippen LogP) is 4.74.